The molecule has 0 saturated heterocycles. The molecule has 0 spiro atoms. The summed E-state index contributed by atoms with van der Waals surface area (Å²) in [6, 6.07) is 14.7. The number of rotatable bonds is 5. The first-order valence-corrected chi connectivity index (χ1v) is 9.76. The van der Waals surface area contributed by atoms with Gasteiger partial charge in [0.2, 0.25) is 0 Å². The molecule has 0 amide bonds. The van der Waals surface area contributed by atoms with Crippen LogP contribution in [0.1, 0.15) is 27.9 Å². The fraction of sp³-hybridized carbons (Fsp3) is 0.158. The van der Waals surface area contributed by atoms with E-state index in [0.29, 0.717) is 17.1 Å². The summed E-state index contributed by atoms with van der Waals surface area (Å²) in [5.74, 6) is 0.657. The molecule has 2 N–H and O–H groups in total. The Kier molecular flexibility index (Phi) is 4.48. The number of nitrogens with zero attached hydrogens (tertiary/aromatic N) is 1. The second-order valence-electron chi connectivity index (χ2n) is 5.89. The Bertz CT molecular complexity index is 1030. The Hall–Kier alpha value is -2.28. The highest BCUT2D eigenvalue weighted by Crippen LogP contribution is 2.26. The number of aromatic nitrogens is 2. The van der Waals surface area contributed by atoms with Crippen LogP contribution in [0.25, 0.3) is 10.2 Å². The van der Waals surface area contributed by atoms with Crippen molar-refractivity contribution >= 4 is 32.9 Å². The fourth-order valence-electron chi connectivity index (χ4n) is 2.80. The molecule has 0 saturated carbocycles. The van der Waals surface area contributed by atoms with Crippen LogP contribution in [-0.4, -0.2) is 9.97 Å². The van der Waals surface area contributed by atoms with Crippen molar-refractivity contribution in [2.75, 3.05) is 0 Å². The third-order valence-electron chi connectivity index (χ3n) is 4.08. The molecule has 0 bridgehead atoms. The summed E-state index contributed by atoms with van der Waals surface area (Å²) in [7, 11) is 0. The van der Waals surface area contributed by atoms with Gasteiger partial charge in [-0.05, 0) is 35.4 Å². The molecule has 0 unspecified atom stereocenters. The van der Waals surface area contributed by atoms with E-state index in [1.807, 2.05) is 11.4 Å². The monoisotopic (exact) mass is 367 g/mol. The van der Waals surface area contributed by atoms with Gasteiger partial charge in [-0.3, -0.25) is 10.1 Å². The predicted molar refractivity (Wildman–Crippen MR) is 104 cm³/mol. The number of aromatic amines is 1. The van der Waals surface area contributed by atoms with Crippen LogP contribution in [0.5, 0.6) is 0 Å². The van der Waals surface area contributed by atoms with Crippen LogP contribution in [0.15, 0.2) is 58.0 Å². The molecule has 0 aliphatic carbocycles. The van der Waals surface area contributed by atoms with Crippen LogP contribution < -0.4 is 10.9 Å². The van der Waals surface area contributed by atoms with Gasteiger partial charge in [0.05, 0.1) is 18.1 Å². The number of nitrogens with one attached hydrogen (secondary N) is 2. The standard InChI is InChI=1S/C19H17N3OS2/c1-12-4-6-13(7-5-12)17(15-3-2-9-24-15)20-11-16-21-14-8-10-25-18(14)19(23)22-16/h2-10,17,20H,11H2,1H3,(H,21,22,23)/t17-/m0/s1. The van der Waals surface area contributed by atoms with E-state index in [1.165, 1.54) is 27.3 Å². The first-order chi connectivity index (χ1) is 12.2. The van der Waals surface area contributed by atoms with E-state index in [2.05, 4.69) is 64.0 Å². The fourth-order valence-corrected chi connectivity index (χ4v) is 4.35. The molecular weight excluding hydrogens is 350 g/mol. The number of hydrogen-bond donors (Lipinski definition) is 2. The largest absolute Gasteiger partial charge is 0.308 e. The second-order valence-corrected chi connectivity index (χ2v) is 7.78. The van der Waals surface area contributed by atoms with Crippen LogP contribution >= 0.6 is 22.7 Å². The first-order valence-electron chi connectivity index (χ1n) is 8.00. The van der Waals surface area contributed by atoms with Gasteiger partial charge in [-0.25, -0.2) is 4.98 Å². The Morgan fingerprint density at radius 2 is 1.96 bits per heavy atom. The van der Waals surface area contributed by atoms with Crippen molar-refractivity contribution in [1.82, 2.24) is 15.3 Å². The normalized spacial score (nSPS) is 12.5. The molecule has 3 aromatic heterocycles. The zero-order valence-corrected chi connectivity index (χ0v) is 15.3. The highest BCUT2D eigenvalue weighted by atomic mass is 32.1. The van der Waals surface area contributed by atoms with Crippen LogP contribution in [0.4, 0.5) is 0 Å². The summed E-state index contributed by atoms with van der Waals surface area (Å²) in [5.41, 5.74) is 3.13. The van der Waals surface area contributed by atoms with Crippen molar-refractivity contribution in [3.8, 4) is 0 Å². The average Bonchev–Trinajstić information content (AvgIpc) is 3.28. The van der Waals surface area contributed by atoms with Gasteiger partial charge in [0.1, 0.15) is 10.5 Å². The number of fused-ring (bicyclic) bond motifs is 1. The van der Waals surface area contributed by atoms with Gasteiger partial charge < -0.3 is 4.98 Å². The number of hydrogen-bond acceptors (Lipinski definition) is 5. The molecule has 0 aliphatic rings. The topological polar surface area (TPSA) is 57.8 Å². The van der Waals surface area contributed by atoms with Gasteiger partial charge in [-0.1, -0.05) is 35.9 Å². The van der Waals surface area contributed by atoms with Gasteiger partial charge >= 0.3 is 0 Å². The molecule has 25 heavy (non-hydrogen) atoms. The Balaban J connectivity index is 1.62. The number of H-pyrrole nitrogens is 1. The van der Waals surface area contributed by atoms with E-state index < -0.39 is 0 Å². The second kappa shape index (κ2) is 6.92. The van der Waals surface area contributed by atoms with E-state index in [1.54, 1.807) is 11.3 Å². The molecule has 4 aromatic rings. The third kappa shape index (κ3) is 3.42. The summed E-state index contributed by atoms with van der Waals surface area (Å²) in [6.45, 7) is 2.58. The van der Waals surface area contributed by atoms with Crippen LogP contribution in [-0.2, 0) is 6.54 Å². The lowest BCUT2D eigenvalue weighted by Crippen LogP contribution is -2.24. The lowest BCUT2D eigenvalue weighted by molar-refractivity contribution is 0.594. The van der Waals surface area contributed by atoms with Crippen molar-refractivity contribution in [3.63, 3.8) is 0 Å². The van der Waals surface area contributed by atoms with Crippen LogP contribution in [0.2, 0.25) is 0 Å². The lowest BCUT2D eigenvalue weighted by atomic mass is 10.0. The first kappa shape index (κ1) is 16.2. The summed E-state index contributed by atoms with van der Waals surface area (Å²) < 4.78 is 0.678. The summed E-state index contributed by atoms with van der Waals surface area (Å²) in [5, 5.41) is 7.51. The van der Waals surface area contributed by atoms with Gasteiger partial charge in [-0.15, -0.1) is 22.7 Å². The molecular formula is C19H17N3OS2. The summed E-state index contributed by atoms with van der Waals surface area (Å²) >= 11 is 3.14. The highest BCUT2D eigenvalue weighted by molar-refractivity contribution is 7.17. The average molecular weight is 367 g/mol. The van der Waals surface area contributed by atoms with Gasteiger partial charge in [0.25, 0.3) is 5.56 Å². The van der Waals surface area contributed by atoms with E-state index in [0.717, 1.165) is 5.52 Å². The molecule has 6 heteroatoms. The number of benzene rings is 1. The Labute approximate surface area is 153 Å². The summed E-state index contributed by atoms with van der Waals surface area (Å²) in [6.07, 6.45) is 0. The molecule has 1 atom stereocenters. The molecule has 4 rings (SSSR count). The predicted octanol–water partition coefficient (Wildman–Crippen LogP) is 4.23. The van der Waals surface area contributed by atoms with Crippen molar-refractivity contribution in [2.45, 2.75) is 19.5 Å². The molecule has 3 heterocycles. The van der Waals surface area contributed by atoms with E-state index in [4.69, 9.17) is 0 Å². The zero-order chi connectivity index (χ0) is 17.2. The summed E-state index contributed by atoms with van der Waals surface area (Å²) in [4.78, 5) is 20.8. The van der Waals surface area contributed by atoms with Crippen molar-refractivity contribution < 1.29 is 0 Å². The van der Waals surface area contributed by atoms with E-state index >= 15 is 0 Å². The van der Waals surface area contributed by atoms with Crippen molar-refractivity contribution in [3.05, 3.63) is 85.4 Å². The van der Waals surface area contributed by atoms with Crippen LogP contribution in [0.3, 0.4) is 0 Å². The molecule has 4 nitrogen and oxygen atoms in total. The third-order valence-corrected chi connectivity index (χ3v) is 5.92. The molecule has 0 aliphatic heterocycles. The zero-order valence-electron chi connectivity index (χ0n) is 13.7. The van der Waals surface area contributed by atoms with E-state index in [9.17, 15) is 4.79 Å². The molecule has 0 fully saturated rings. The van der Waals surface area contributed by atoms with E-state index in [-0.39, 0.29) is 11.6 Å². The molecule has 0 radical (unpaired) electrons. The van der Waals surface area contributed by atoms with Crippen molar-refractivity contribution in [1.29, 1.82) is 0 Å². The SMILES string of the molecule is Cc1ccc([C@H](NCc2nc3ccsc3c(=O)[nH]2)c2cccs2)cc1. The smallest absolute Gasteiger partial charge is 0.268 e. The number of aryl methyl sites for hydroxylation is 1. The maximum Gasteiger partial charge on any atom is 0.268 e. The lowest BCUT2D eigenvalue weighted by Gasteiger charge is -2.18. The number of thiophene rings is 2. The Morgan fingerprint density at radius 1 is 1.12 bits per heavy atom. The minimum atomic E-state index is -0.0696. The minimum absolute atomic E-state index is 0.0696. The quantitative estimate of drug-likeness (QED) is 0.555. The Morgan fingerprint density at radius 3 is 2.72 bits per heavy atom. The van der Waals surface area contributed by atoms with Gasteiger partial charge in [-0.2, -0.15) is 0 Å². The maximum atomic E-state index is 12.1. The highest BCUT2D eigenvalue weighted by Gasteiger charge is 2.15. The van der Waals surface area contributed by atoms with Crippen molar-refractivity contribution in [2.24, 2.45) is 0 Å². The van der Waals surface area contributed by atoms with Gasteiger partial charge in [0, 0.05) is 4.88 Å². The van der Waals surface area contributed by atoms with Gasteiger partial charge in [0.15, 0.2) is 0 Å². The molecule has 1 aromatic carbocycles. The minimum Gasteiger partial charge on any atom is -0.308 e. The molecule has 126 valence electrons. The maximum absolute atomic E-state index is 12.1. The van der Waals surface area contributed by atoms with Crippen LogP contribution in [0, 0.1) is 6.92 Å².